The minimum Gasteiger partial charge on any atom is -0.490 e. The fraction of sp³-hybridized carbons (Fsp3) is 0.611. The Balaban J connectivity index is 1.70. The highest BCUT2D eigenvalue weighted by Gasteiger charge is 2.28. The Hall–Kier alpha value is -1.75. The maximum absolute atomic E-state index is 12.7. The molecule has 0 bridgehead atoms. The second kappa shape index (κ2) is 6.79. The van der Waals surface area contributed by atoms with Gasteiger partial charge in [0, 0.05) is 19.6 Å². The van der Waals surface area contributed by atoms with Crippen LogP contribution in [-0.4, -0.2) is 43.6 Å². The second-order valence-electron chi connectivity index (χ2n) is 7.02. The van der Waals surface area contributed by atoms with E-state index in [2.05, 4.69) is 18.7 Å². The standard InChI is InChI=1S/C18H27N3O2/c1-13-7-14(2)11-21(10-13)18(22)12-20-5-6-23-17-8-15(9-19)3-4-16(17)20/h3-4,8,13-14H,5-7,9-12,19H2,1-2H3. The van der Waals surface area contributed by atoms with Gasteiger partial charge in [0.1, 0.15) is 12.4 Å². The number of benzene rings is 1. The van der Waals surface area contributed by atoms with Gasteiger partial charge >= 0.3 is 0 Å². The van der Waals surface area contributed by atoms with E-state index in [1.54, 1.807) is 0 Å². The molecule has 2 N–H and O–H groups in total. The van der Waals surface area contributed by atoms with E-state index in [9.17, 15) is 4.79 Å². The number of nitrogens with zero attached hydrogens (tertiary/aromatic N) is 2. The number of nitrogens with two attached hydrogens (primary N) is 1. The summed E-state index contributed by atoms with van der Waals surface area (Å²) in [5.74, 6) is 2.24. The quantitative estimate of drug-likeness (QED) is 0.924. The van der Waals surface area contributed by atoms with Crippen molar-refractivity contribution < 1.29 is 9.53 Å². The summed E-state index contributed by atoms with van der Waals surface area (Å²) in [5, 5.41) is 0. The number of piperidine rings is 1. The van der Waals surface area contributed by atoms with E-state index in [0.29, 0.717) is 31.5 Å². The van der Waals surface area contributed by atoms with Crippen LogP contribution in [0, 0.1) is 11.8 Å². The predicted molar refractivity (Wildman–Crippen MR) is 91.6 cm³/mol. The molecule has 5 heteroatoms. The van der Waals surface area contributed by atoms with E-state index in [1.165, 1.54) is 6.42 Å². The van der Waals surface area contributed by atoms with Crippen molar-refractivity contribution in [2.24, 2.45) is 17.6 Å². The summed E-state index contributed by atoms with van der Waals surface area (Å²) in [4.78, 5) is 16.9. The molecule has 1 saturated heterocycles. The predicted octanol–water partition coefficient (Wildman–Crippen LogP) is 1.85. The molecule has 1 aromatic rings. The summed E-state index contributed by atoms with van der Waals surface area (Å²) >= 11 is 0. The van der Waals surface area contributed by atoms with Crippen molar-refractivity contribution in [3.63, 3.8) is 0 Å². The molecule has 2 aliphatic heterocycles. The van der Waals surface area contributed by atoms with Crippen LogP contribution >= 0.6 is 0 Å². The Kier molecular flexibility index (Phi) is 4.76. The van der Waals surface area contributed by atoms with Gasteiger partial charge in [-0.15, -0.1) is 0 Å². The molecular weight excluding hydrogens is 290 g/mol. The third kappa shape index (κ3) is 3.61. The van der Waals surface area contributed by atoms with Crippen molar-refractivity contribution in [3.8, 4) is 5.75 Å². The molecule has 2 aliphatic rings. The first-order chi connectivity index (χ1) is 11.1. The van der Waals surface area contributed by atoms with E-state index in [0.717, 1.165) is 36.6 Å². The minimum absolute atomic E-state index is 0.221. The Morgan fingerprint density at radius 3 is 2.74 bits per heavy atom. The number of anilines is 1. The number of ether oxygens (including phenoxy) is 1. The van der Waals surface area contributed by atoms with Crippen LogP contribution in [0.4, 0.5) is 5.69 Å². The van der Waals surface area contributed by atoms with Crippen LogP contribution in [0.5, 0.6) is 5.75 Å². The van der Waals surface area contributed by atoms with E-state index in [4.69, 9.17) is 10.5 Å². The van der Waals surface area contributed by atoms with Crippen LogP contribution in [0.3, 0.4) is 0 Å². The molecule has 0 aliphatic carbocycles. The Labute approximate surface area is 138 Å². The number of fused-ring (bicyclic) bond motifs is 1. The molecular formula is C18H27N3O2. The number of carbonyl (C=O) groups is 1. The number of hydrogen-bond acceptors (Lipinski definition) is 4. The normalized spacial score (nSPS) is 24.1. The van der Waals surface area contributed by atoms with Crippen molar-refractivity contribution in [2.45, 2.75) is 26.8 Å². The van der Waals surface area contributed by atoms with Crippen LogP contribution < -0.4 is 15.4 Å². The first-order valence-corrected chi connectivity index (χ1v) is 8.55. The van der Waals surface area contributed by atoms with Crippen molar-refractivity contribution in [2.75, 3.05) is 37.7 Å². The summed E-state index contributed by atoms with van der Waals surface area (Å²) in [7, 11) is 0. The molecule has 0 spiro atoms. The van der Waals surface area contributed by atoms with Crippen molar-refractivity contribution in [1.29, 1.82) is 0 Å². The van der Waals surface area contributed by atoms with Gasteiger partial charge in [-0.3, -0.25) is 4.79 Å². The van der Waals surface area contributed by atoms with Gasteiger partial charge in [0.15, 0.2) is 0 Å². The van der Waals surface area contributed by atoms with Gasteiger partial charge in [-0.1, -0.05) is 19.9 Å². The van der Waals surface area contributed by atoms with Crippen LogP contribution in [0.25, 0.3) is 0 Å². The number of carbonyl (C=O) groups excluding carboxylic acids is 1. The number of hydrogen-bond donors (Lipinski definition) is 1. The third-order valence-electron chi connectivity index (χ3n) is 4.77. The molecule has 2 heterocycles. The smallest absolute Gasteiger partial charge is 0.242 e. The number of likely N-dealkylation sites (tertiary alicyclic amines) is 1. The first-order valence-electron chi connectivity index (χ1n) is 8.55. The summed E-state index contributed by atoms with van der Waals surface area (Å²) < 4.78 is 5.74. The van der Waals surface area contributed by atoms with Gasteiger partial charge in [-0.25, -0.2) is 0 Å². The van der Waals surface area contributed by atoms with E-state index in [1.807, 2.05) is 23.1 Å². The Morgan fingerprint density at radius 2 is 2.04 bits per heavy atom. The Bertz CT molecular complexity index is 565. The topological polar surface area (TPSA) is 58.8 Å². The first kappa shape index (κ1) is 16.1. The van der Waals surface area contributed by atoms with E-state index >= 15 is 0 Å². The lowest BCUT2D eigenvalue weighted by molar-refractivity contribution is -0.132. The highest BCUT2D eigenvalue weighted by Crippen LogP contribution is 2.32. The zero-order valence-corrected chi connectivity index (χ0v) is 14.1. The van der Waals surface area contributed by atoms with Crippen molar-refractivity contribution in [3.05, 3.63) is 23.8 Å². The van der Waals surface area contributed by atoms with Crippen LogP contribution in [0.15, 0.2) is 18.2 Å². The van der Waals surface area contributed by atoms with Crippen molar-refractivity contribution >= 4 is 11.6 Å². The van der Waals surface area contributed by atoms with E-state index < -0.39 is 0 Å². The fourth-order valence-electron chi connectivity index (χ4n) is 3.74. The third-order valence-corrected chi connectivity index (χ3v) is 4.77. The molecule has 1 aromatic carbocycles. The molecule has 126 valence electrons. The molecule has 1 amide bonds. The largest absolute Gasteiger partial charge is 0.490 e. The molecule has 0 aromatic heterocycles. The van der Waals surface area contributed by atoms with Crippen LogP contribution in [0.1, 0.15) is 25.8 Å². The highest BCUT2D eigenvalue weighted by atomic mass is 16.5. The molecule has 0 saturated carbocycles. The molecule has 23 heavy (non-hydrogen) atoms. The highest BCUT2D eigenvalue weighted by molar-refractivity contribution is 5.82. The minimum atomic E-state index is 0.221. The van der Waals surface area contributed by atoms with Gasteiger partial charge in [-0.2, -0.15) is 0 Å². The maximum Gasteiger partial charge on any atom is 0.242 e. The summed E-state index contributed by atoms with van der Waals surface area (Å²) in [6.45, 7) is 8.51. The van der Waals surface area contributed by atoms with Gasteiger partial charge < -0.3 is 20.3 Å². The average Bonchev–Trinajstić information content (AvgIpc) is 2.53. The molecule has 5 nitrogen and oxygen atoms in total. The summed E-state index contributed by atoms with van der Waals surface area (Å²) in [6.07, 6.45) is 1.21. The lowest BCUT2D eigenvalue weighted by atomic mass is 9.92. The zero-order chi connectivity index (χ0) is 16.4. The zero-order valence-electron chi connectivity index (χ0n) is 14.1. The molecule has 0 radical (unpaired) electrons. The lowest BCUT2D eigenvalue weighted by Crippen LogP contribution is -2.48. The van der Waals surface area contributed by atoms with Crippen LogP contribution in [0.2, 0.25) is 0 Å². The molecule has 1 fully saturated rings. The lowest BCUT2D eigenvalue weighted by Gasteiger charge is -2.37. The summed E-state index contributed by atoms with van der Waals surface area (Å²) in [6, 6.07) is 6.01. The second-order valence-corrected chi connectivity index (χ2v) is 7.02. The van der Waals surface area contributed by atoms with Gasteiger partial charge in [-0.05, 0) is 36.0 Å². The number of rotatable bonds is 3. The van der Waals surface area contributed by atoms with Crippen LogP contribution in [-0.2, 0) is 11.3 Å². The fourth-order valence-corrected chi connectivity index (χ4v) is 3.74. The maximum atomic E-state index is 12.7. The van der Waals surface area contributed by atoms with Crippen molar-refractivity contribution in [1.82, 2.24) is 4.90 Å². The molecule has 2 unspecified atom stereocenters. The number of amides is 1. The molecule has 2 atom stereocenters. The van der Waals surface area contributed by atoms with Gasteiger partial charge in [0.25, 0.3) is 0 Å². The Morgan fingerprint density at radius 1 is 1.30 bits per heavy atom. The van der Waals surface area contributed by atoms with Gasteiger partial charge in [0.05, 0.1) is 18.8 Å². The SMILES string of the molecule is CC1CC(C)CN(C(=O)CN2CCOc3cc(CN)ccc32)C1. The van der Waals surface area contributed by atoms with Gasteiger partial charge in [0.2, 0.25) is 5.91 Å². The summed E-state index contributed by atoms with van der Waals surface area (Å²) in [5.41, 5.74) is 7.74. The monoisotopic (exact) mass is 317 g/mol. The van der Waals surface area contributed by atoms with E-state index in [-0.39, 0.29) is 5.91 Å². The average molecular weight is 317 g/mol. The molecule has 3 rings (SSSR count).